The SMILES string of the molecule is [2H]c1c([2H])c([2H])c(-c2cc(-c3ccccc3)cc3c2oc2cc(-c4nc(-c5cccc(-c6ccccc6)c5)nc(-c5cccc(-c6ccccc6)c5)n4)ccc23)c([2H])c1[2H]. The van der Waals surface area contributed by atoms with Crippen molar-refractivity contribution in [3.63, 3.8) is 0 Å². The van der Waals surface area contributed by atoms with E-state index in [1.165, 1.54) is 0 Å². The van der Waals surface area contributed by atoms with E-state index in [1.54, 1.807) is 0 Å². The van der Waals surface area contributed by atoms with Gasteiger partial charge in [-0.3, -0.25) is 0 Å². The minimum Gasteiger partial charge on any atom is -0.455 e. The van der Waals surface area contributed by atoms with Crippen LogP contribution < -0.4 is 0 Å². The van der Waals surface area contributed by atoms with Crippen molar-refractivity contribution >= 4 is 21.9 Å². The molecule has 0 unspecified atom stereocenters. The second-order valence-corrected chi connectivity index (χ2v) is 13.3. The Labute approximate surface area is 326 Å². The molecule has 0 fully saturated rings. The molecule has 10 aromatic rings. The summed E-state index contributed by atoms with van der Waals surface area (Å²) in [6.07, 6.45) is 0. The summed E-state index contributed by atoms with van der Waals surface area (Å²) >= 11 is 0. The maximum atomic E-state index is 8.87. The summed E-state index contributed by atoms with van der Waals surface area (Å²) in [6.45, 7) is 0. The molecule has 0 aliphatic rings. The lowest BCUT2D eigenvalue weighted by Crippen LogP contribution is -2.00. The van der Waals surface area contributed by atoms with Crippen LogP contribution in [0.3, 0.4) is 0 Å². The lowest BCUT2D eigenvalue weighted by Gasteiger charge is -2.10. The molecule has 0 bridgehead atoms. The fraction of sp³-hybridized carbons (Fsp3) is 0. The first-order valence-electron chi connectivity index (χ1n) is 20.5. The van der Waals surface area contributed by atoms with Gasteiger partial charge in [-0.15, -0.1) is 0 Å². The largest absolute Gasteiger partial charge is 0.455 e. The van der Waals surface area contributed by atoms with Crippen LogP contribution in [-0.4, -0.2) is 15.0 Å². The van der Waals surface area contributed by atoms with Crippen molar-refractivity contribution in [1.29, 1.82) is 0 Å². The summed E-state index contributed by atoms with van der Waals surface area (Å²) in [7, 11) is 0. The predicted molar refractivity (Wildman–Crippen MR) is 225 cm³/mol. The molecule has 0 N–H and O–H groups in total. The van der Waals surface area contributed by atoms with E-state index in [9.17, 15) is 0 Å². The highest BCUT2D eigenvalue weighted by Crippen LogP contribution is 2.41. The van der Waals surface area contributed by atoms with Crippen LogP contribution in [0.4, 0.5) is 0 Å². The zero-order chi connectivity index (χ0) is 40.9. The minimum atomic E-state index is -0.451. The molecule has 2 aromatic heterocycles. The molecule has 4 nitrogen and oxygen atoms in total. The molecular formula is C51H33N3O. The van der Waals surface area contributed by atoms with Crippen LogP contribution in [0.15, 0.2) is 204 Å². The standard InChI is InChI=1S/C51H33N3O/c1-5-15-34(16-6-1)38-23-13-25-40(29-38)49-52-50(41-26-14-24-39(30-41)35-17-7-2-8-18-35)54-51(53-49)42-27-28-44-46-32-43(36-19-9-3-10-20-36)31-45(37-21-11-4-12-22-37)48(46)55-47(44)33-42/h1-33H/i4D,11D,12D,21D,22D. The summed E-state index contributed by atoms with van der Waals surface area (Å²) in [4.78, 5) is 15.2. The van der Waals surface area contributed by atoms with E-state index in [1.807, 2.05) is 121 Å². The minimum absolute atomic E-state index is 0.0743. The van der Waals surface area contributed by atoms with Gasteiger partial charge in [-0.1, -0.05) is 164 Å². The van der Waals surface area contributed by atoms with Crippen molar-refractivity contribution in [3.05, 3.63) is 200 Å². The zero-order valence-electron chi connectivity index (χ0n) is 34.4. The first-order valence-corrected chi connectivity index (χ1v) is 18.0. The first-order chi connectivity index (χ1) is 29.3. The maximum absolute atomic E-state index is 8.87. The third kappa shape index (κ3) is 6.26. The van der Waals surface area contributed by atoms with Gasteiger partial charge in [0.05, 0.1) is 6.85 Å². The Morgan fingerprint density at radius 3 is 1.36 bits per heavy atom. The lowest BCUT2D eigenvalue weighted by molar-refractivity contribution is 0.670. The Morgan fingerprint density at radius 2 is 0.818 bits per heavy atom. The van der Waals surface area contributed by atoms with Gasteiger partial charge in [0.25, 0.3) is 0 Å². The van der Waals surface area contributed by atoms with Gasteiger partial charge >= 0.3 is 0 Å². The maximum Gasteiger partial charge on any atom is 0.164 e. The molecule has 0 saturated carbocycles. The van der Waals surface area contributed by atoms with Crippen molar-refractivity contribution in [2.45, 2.75) is 0 Å². The van der Waals surface area contributed by atoms with Crippen LogP contribution in [0, 0.1) is 0 Å². The fourth-order valence-electron chi connectivity index (χ4n) is 7.08. The van der Waals surface area contributed by atoms with Crippen molar-refractivity contribution < 1.29 is 11.3 Å². The molecule has 0 spiro atoms. The molecule has 2 heterocycles. The van der Waals surface area contributed by atoms with E-state index in [-0.39, 0.29) is 17.6 Å². The molecule has 55 heavy (non-hydrogen) atoms. The Kier molecular flexibility index (Phi) is 6.85. The van der Waals surface area contributed by atoms with E-state index >= 15 is 0 Å². The summed E-state index contributed by atoms with van der Waals surface area (Å²) in [6, 6.07) is 54.3. The van der Waals surface area contributed by atoms with Crippen LogP contribution in [0.2, 0.25) is 0 Å². The summed E-state index contributed by atoms with van der Waals surface area (Å²) in [5, 5.41) is 1.54. The number of nitrogens with zero attached hydrogens (tertiary/aromatic N) is 3. The van der Waals surface area contributed by atoms with Crippen LogP contribution in [0.1, 0.15) is 6.85 Å². The molecule has 8 aromatic carbocycles. The Balaban J connectivity index is 1.17. The number of rotatable bonds is 7. The van der Waals surface area contributed by atoms with Gasteiger partial charge in [-0.25, -0.2) is 15.0 Å². The highest BCUT2D eigenvalue weighted by Gasteiger charge is 2.18. The molecule has 10 rings (SSSR count). The first kappa shape index (κ1) is 27.2. The number of furan rings is 1. The highest BCUT2D eigenvalue weighted by atomic mass is 16.3. The van der Waals surface area contributed by atoms with Crippen LogP contribution in [0.5, 0.6) is 0 Å². The van der Waals surface area contributed by atoms with Gasteiger partial charge in [0.15, 0.2) is 17.5 Å². The smallest absolute Gasteiger partial charge is 0.164 e. The summed E-state index contributed by atoms with van der Waals surface area (Å²) in [5.41, 5.74) is 9.75. The van der Waals surface area contributed by atoms with E-state index in [2.05, 4.69) is 48.5 Å². The van der Waals surface area contributed by atoms with E-state index < -0.39 is 18.1 Å². The molecule has 4 heteroatoms. The number of hydrogen-bond acceptors (Lipinski definition) is 4. The summed E-state index contributed by atoms with van der Waals surface area (Å²) < 4.78 is 49.6. The van der Waals surface area contributed by atoms with E-state index in [0.717, 1.165) is 55.3 Å². The molecule has 0 amide bonds. The lowest BCUT2D eigenvalue weighted by atomic mass is 9.95. The molecule has 0 aliphatic heterocycles. The quantitative estimate of drug-likeness (QED) is 0.165. The number of aromatic nitrogens is 3. The van der Waals surface area contributed by atoms with Crippen molar-refractivity contribution in [2.24, 2.45) is 0 Å². The highest BCUT2D eigenvalue weighted by molar-refractivity contribution is 6.12. The van der Waals surface area contributed by atoms with E-state index in [0.29, 0.717) is 39.8 Å². The number of fused-ring (bicyclic) bond motifs is 3. The van der Waals surface area contributed by atoms with Gasteiger partial charge in [0, 0.05) is 33.0 Å². The Morgan fingerprint density at radius 1 is 0.345 bits per heavy atom. The van der Waals surface area contributed by atoms with Crippen LogP contribution >= 0.6 is 0 Å². The van der Waals surface area contributed by atoms with Gasteiger partial charge in [0.2, 0.25) is 0 Å². The molecular weight excluding hydrogens is 671 g/mol. The number of hydrogen-bond donors (Lipinski definition) is 0. The number of benzene rings is 8. The van der Waals surface area contributed by atoms with Crippen molar-refractivity contribution in [3.8, 4) is 78.7 Å². The van der Waals surface area contributed by atoms with Gasteiger partial charge < -0.3 is 4.42 Å². The van der Waals surface area contributed by atoms with Crippen LogP contribution in [-0.2, 0) is 0 Å². The molecule has 0 atom stereocenters. The normalized spacial score (nSPS) is 12.5. The predicted octanol–water partition coefficient (Wildman–Crippen LogP) is 13.4. The van der Waals surface area contributed by atoms with Crippen molar-refractivity contribution in [1.82, 2.24) is 15.0 Å². The topological polar surface area (TPSA) is 51.8 Å². The van der Waals surface area contributed by atoms with Gasteiger partial charge in [-0.2, -0.15) is 0 Å². The molecule has 258 valence electrons. The third-order valence-corrected chi connectivity index (χ3v) is 9.80. The van der Waals surface area contributed by atoms with E-state index in [4.69, 9.17) is 26.2 Å². The Bertz CT molecular complexity index is 3130. The molecule has 0 radical (unpaired) electrons. The second-order valence-electron chi connectivity index (χ2n) is 13.3. The Hall–Kier alpha value is -7.43. The van der Waals surface area contributed by atoms with Crippen LogP contribution in [0.25, 0.3) is 101 Å². The van der Waals surface area contributed by atoms with Gasteiger partial charge in [-0.05, 0) is 75.3 Å². The van der Waals surface area contributed by atoms with Crippen molar-refractivity contribution in [2.75, 3.05) is 0 Å². The molecule has 0 saturated heterocycles. The summed E-state index contributed by atoms with van der Waals surface area (Å²) in [5.74, 6) is 1.47. The average molecular weight is 709 g/mol. The zero-order valence-corrected chi connectivity index (χ0v) is 29.4. The monoisotopic (exact) mass is 708 g/mol. The average Bonchev–Trinajstić information content (AvgIpc) is 3.69. The molecule has 0 aliphatic carbocycles. The second kappa shape index (κ2) is 13.8. The van der Waals surface area contributed by atoms with Gasteiger partial charge in [0.1, 0.15) is 11.2 Å². The third-order valence-electron chi connectivity index (χ3n) is 9.80. The fourth-order valence-corrected chi connectivity index (χ4v) is 7.08.